The van der Waals surface area contributed by atoms with Crippen LogP contribution in [0.1, 0.15) is 6.42 Å². The van der Waals surface area contributed by atoms with E-state index in [1.165, 1.54) is 0 Å². The van der Waals surface area contributed by atoms with Gasteiger partial charge in [0, 0.05) is 0 Å². The molecule has 0 aromatic heterocycles. The van der Waals surface area contributed by atoms with Gasteiger partial charge in [-0.1, -0.05) is 0 Å². The molecule has 13 heavy (non-hydrogen) atoms. The van der Waals surface area contributed by atoms with E-state index in [2.05, 4.69) is 5.73 Å². The normalized spacial score (nSPS) is 10.8. The van der Waals surface area contributed by atoms with Crippen molar-refractivity contribution >= 4 is 47.5 Å². The number of rotatable bonds is 4. The third kappa shape index (κ3) is 7.57. The maximum atomic E-state index is 10.2. The average Bonchev–Trinajstić information content (AvgIpc) is 1.83. The van der Waals surface area contributed by atoms with Crippen LogP contribution in [0.5, 0.6) is 0 Å². The Hall–Kier alpha value is -0.790. The van der Waals surface area contributed by atoms with Gasteiger partial charge < -0.3 is 21.3 Å². The second kappa shape index (κ2) is 6.70. The third-order valence-corrected chi connectivity index (χ3v) is 0.993. The zero-order valence-corrected chi connectivity index (χ0v) is 5.98. The van der Waals surface area contributed by atoms with E-state index in [1.54, 1.807) is 5.32 Å². The molecule has 0 fully saturated rings. The molecule has 0 aromatic carbocycles. The summed E-state index contributed by atoms with van der Waals surface area (Å²) in [5.41, 5.74) is 4.60. The predicted molar refractivity (Wildman–Crippen MR) is 43.5 cm³/mol. The number of hydrogen-bond donors (Lipinski definition) is 4. The van der Waals surface area contributed by atoms with E-state index in [1.807, 2.05) is 0 Å². The molecule has 0 heterocycles. The average molecular weight is 200 g/mol. The molecule has 0 saturated heterocycles. The summed E-state index contributed by atoms with van der Waals surface area (Å²) in [6.45, 7) is 0. The van der Waals surface area contributed by atoms with Gasteiger partial charge in [-0.05, 0) is 0 Å². The molecule has 0 saturated carbocycles. The standard InChI is InChI=1S/C5H8N2O5.Na.H/c6-5(12)7-2(4(10)11)1-3(8)9;;/h2H,1H2,(H,8,9)(H,10,11)(H3,6,7,12);;. The van der Waals surface area contributed by atoms with Crippen LogP contribution in [-0.2, 0) is 9.59 Å². The number of primary amides is 1. The first kappa shape index (κ1) is 14.7. The SMILES string of the molecule is NC(=O)NC(CC(=O)O)C(=O)O.[NaH]. The predicted octanol–water partition coefficient (Wildman–Crippen LogP) is -2.07. The van der Waals surface area contributed by atoms with Crippen LogP contribution in [0.3, 0.4) is 0 Å². The Morgan fingerprint density at radius 1 is 1.31 bits per heavy atom. The number of hydrogen-bond acceptors (Lipinski definition) is 3. The molecule has 0 bridgehead atoms. The van der Waals surface area contributed by atoms with Gasteiger partial charge in [0.05, 0.1) is 6.42 Å². The van der Waals surface area contributed by atoms with Crippen molar-refractivity contribution in [2.24, 2.45) is 5.73 Å². The van der Waals surface area contributed by atoms with Gasteiger partial charge in [-0.2, -0.15) is 0 Å². The van der Waals surface area contributed by atoms with Crippen LogP contribution in [0.15, 0.2) is 0 Å². The third-order valence-electron chi connectivity index (χ3n) is 0.993. The van der Waals surface area contributed by atoms with E-state index in [0.29, 0.717) is 0 Å². The summed E-state index contributed by atoms with van der Waals surface area (Å²) in [5.74, 6) is -2.76. The molecular formula is C5H9N2NaO5. The van der Waals surface area contributed by atoms with Crippen molar-refractivity contribution in [2.75, 3.05) is 0 Å². The number of carboxylic acids is 2. The molecule has 1 unspecified atom stereocenters. The fourth-order valence-corrected chi connectivity index (χ4v) is 0.546. The van der Waals surface area contributed by atoms with E-state index in [4.69, 9.17) is 10.2 Å². The second-order valence-corrected chi connectivity index (χ2v) is 2.00. The van der Waals surface area contributed by atoms with E-state index in [-0.39, 0.29) is 29.6 Å². The molecule has 0 radical (unpaired) electrons. The van der Waals surface area contributed by atoms with Gasteiger partial charge in [-0.3, -0.25) is 4.79 Å². The maximum absolute atomic E-state index is 10.2. The summed E-state index contributed by atoms with van der Waals surface area (Å²) in [5, 5.41) is 18.3. The summed E-state index contributed by atoms with van der Waals surface area (Å²) in [6.07, 6.45) is -0.696. The Morgan fingerprint density at radius 3 is 2.00 bits per heavy atom. The molecule has 1 atom stereocenters. The van der Waals surface area contributed by atoms with E-state index in [9.17, 15) is 14.4 Å². The van der Waals surface area contributed by atoms with Crippen LogP contribution < -0.4 is 11.1 Å². The van der Waals surface area contributed by atoms with Gasteiger partial charge >= 0.3 is 47.5 Å². The number of urea groups is 1. The van der Waals surface area contributed by atoms with Crippen molar-refractivity contribution < 1.29 is 24.6 Å². The zero-order chi connectivity index (χ0) is 9.72. The number of amides is 2. The molecule has 5 N–H and O–H groups in total. The molecule has 0 aromatic rings. The topological polar surface area (TPSA) is 130 Å². The van der Waals surface area contributed by atoms with Crippen LogP contribution in [0, 0.1) is 0 Å². The van der Waals surface area contributed by atoms with Crippen molar-refractivity contribution in [3.63, 3.8) is 0 Å². The Kier molecular flexibility index (Phi) is 7.58. The van der Waals surface area contributed by atoms with Gasteiger partial charge in [-0.25, -0.2) is 9.59 Å². The Morgan fingerprint density at radius 2 is 1.77 bits per heavy atom. The summed E-state index contributed by atoms with van der Waals surface area (Å²) in [7, 11) is 0. The molecule has 0 aliphatic heterocycles. The molecule has 8 heteroatoms. The fraction of sp³-hybridized carbons (Fsp3) is 0.400. The van der Waals surface area contributed by atoms with Gasteiger partial charge in [0.15, 0.2) is 0 Å². The molecule has 0 aliphatic carbocycles. The van der Waals surface area contributed by atoms with Crippen LogP contribution in [0.25, 0.3) is 0 Å². The Balaban J connectivity index is 0. The first-order valence-electron chi connectivity index (χ1n) is 2.94. The van der Waals surface area contributed by atoms with Gasteiger partial charge in [-0.15, -0.1) is 0 Å². The van der Waals surface area contributed by atoms with E-state index >= 15 is 0 Å². The minimum atomic E-state index is -1.47. The summed E-state index contributed by atoms with van der Waals surface area (Å²) in [4.78, 5) is 30.4. The van der Waals surface area contributed by atoms with E-state index < -0.39 is 30.4 Å². The summed E-state index contributed by atoms with van der Waals surface area (Å²) < 4.78 is 0. The summed E-state index contributed by atoms with van der Waals surface area (Å²) in [6, 6.07) is -2.54. The number of nitrogens with two attached hydrogens (primary N) is 1. The molecule has 0 spiro atoms. The quantitative estimate of drug-likeness (QED) is 0.387. The van der Waals surface area contributed by atoms with Gasteiger partial charge in [0.2, 0.25) is 0 Å². The van der Waals surface area contributed by atoms with Crippen molar-refractivity contribution in [3.05, 3.63) is 0 Å². The van der Waals surface area contributed by atoms with Gasteiger partial charge in [0.25, 0.3) is 0 Å². The minimum absolute atomic E-state index is 0. The fourth-order valence-electron chi connectivity index (χ4n) is 0.546. The number of carboxylic acid groups (broad SMARTS) is 2. The number of carbonyl (C=O) groups is 3. The Bertz CT molecular complexity index is 203. The number of aliphatic carboxylic acids is 2. The van der Waals surface area contributed by atoms with E-state index in [0.717, 1.165) is 0 Å². The van der Waals surface area contributed by atoms with Crippen LogP contribution in [0.2, 0.25) is 0 Å². The Labute approximate surface area is 95.6 Å². The number of carbonyl (C=O) groups excluding carboxylic acids is 1. The van der Waals surface area contributed by atoms with Gasteiger partial charge in [0.1, 0.15) is 6.04 Å². The second-order valence-electron chi connectivity index (χ2n) is 2.00. The number of nitrogens with one attached hydrogen (secondary N) is 1. The molecule has 0 rings (SSSR count). The first-order valence-corrected chi connectivity index (χ1v) is 2.94. The molecular weight excluding hydrogens is 191 g/mol. The monoisotopic (exact) mass is 200 g/mol. The van der Waals surface area contributed by atoms with Crippen LogP contribution >= 0.6 is 0 Å². The molecule has 0 aliphatic rings. The van der Waals surface area contributed by atoms with Crippen molar-refractivity contribution in [3.8, 4) is 0 Å². The summed E-state index contributed by atoms with van der Waals surface area (Å²) >= 11 is 0. The van der Waals surface area contributed by atoms with Crippen molar-refractivity contribution in [1.82, 2.24) is 5.32 Å². The van der Waals surface area contributed by atoms with Crippen molar-refractivity contribution in [1.29, 1.82) is 0 Å². The van der Waals surface area contributed by atoms with Crippen LogP contribution in [-0.4, -0.2) is 63.8 Å². The molecule has 7 nitrogen and oxygen atoms in total. The first-order chi connectivity index (χ1) is 5.43. The molecule has 2 amide bonds. The van der Waals surface area contributed by atoms with Crippen molar-refractivity contribution in [2.45, 2.75) is 12.5 Å². The van der Waals surface area contributed by atoms with Crippen LogP contribution in [0.4, 0.5) is 4.79 Å². The zero-order valence-electron chi connectivity index (χ0n) is 5.98. The molecule has 70 valence electrons.